The van der Waals surface area contributed by atoms with Gasteiger partial charge in [0.05, 0.1) is 17.5 Å². The maximum absolute atomic E-state index is 12.9. The lowest BCUT2D eigenvalue weighted by Gasteiger charge is -2.40. The smallest absolute Gasteiger partial charge is 0.224 e. The van der Waals surface area contributed by atoms with Gasteiger partial charge in [-0.1, -0.05) is 0 Å². The van der Waals surface area contributed by atoms with E-state index in [4.69, 9.17) is 0 Å². The number of carbonyl (C=O) groups excluding carboxylic acids is 2. The number of aryl methyl sites for hydroxylation is 3. The number of nitrogens with zero attached hydrogens (tertiary/aromatic N) is 4. The first-order valence-corrected chi connectivity index (χ1v) is 9.77. The van der Waals surface area contributed by atoms with Crippen LogP contribution in [0.2, 0.25) is 0 Å². The number of rotatable bonds is 4. The summed E-state index contributed by atoms with van der Waals surface area (Å²) in [5.74, 6) is 0.191. The third kappa shape index (κ3) is 2.99. The highest BCUT2D eigenvalue weighted by atomic mass is 16.2. The summed E-state index contributed by atoms with van der Waals surface area (Å²) in [6.45, 7) is 7.41. The number of fused-ring (bicyclic) bond motifs is 2. The third-order valence-electron chi connectivity index (χ3n) is 6.32. The molecule has 0 saturated carbocycles. The monoisotopic (exact) mass is 369 g/mol. The number of hydrogen-bond acceptors (Lipinski definition) is 4. The van der Waals surface area contributed by atoms with Crippen LogP contribution in [-0.4, -0.2) is 49.7 Å². The molecule has 1 saturated heterocycles. The summed E-state index contributed by atoms with van der Waals surface area (Å²) in [6, 6.07) is 0. The van der Waals surface area contributed by atoms with Crippen LogP contribution in [0, 0.1) is 13.8 Å². The number of likely N-dealkylation sites (tertiary alicyclic amines) is 1. The third-order valence-corrected chi connectivity index (χ3v) is 6.32. The minimum atomic E-state index is 0.0251. The lowest BCUT2D eigenvalue weighted by Crippen LogP contribution is -2.48. The molecule has 1 fully saturated rings. The summed E-state index contributed by atoms with van der Waals surface area (Å²) >= 11 is 0. The van der Waals surface area contributed by atoms with Crippen molar-refractivity contribution in [2.45, 2.75) is 64.8 Å². The fourth-order valence-corrected chi connectivity index (χ4v) is 5.00. The van der Waals surface area contributed by atoms with Crippen LogP contribution in [0.15, 0.2) is 6.20 Å². The van der Waals surface area contributed by atoms with Gasteiger partial charge in [-0.3, -0.25) is 19.4 Å². The molecule has 1 aliphatic heterocycles. The number of aromatic amines is 1. The van der Waals surface area contributed by atoms with Crippen LogP contribution >= 0.6 is 0 Å². The summed E-state index contributed by atoms with van der Waals surface area (Å²) in [5, 5.41) is 11.8. The SMILES string of the molecule is CC(=O)c1c(C)nn(CCC(=O)N2CCCC3(CCc4cn[nH]c43)C2)c1C. The maximum atomic E-state index is 12.9. The van der Waals surface area contributed by atoms with E-state index in [1.165, 1.54) is 11.3 Å². The predicted octanol–water partition coefficient (Wildman–Crippen LogP) is 2.32. The molecule has 3 heterocycles. The first-order chi connectivity index (χ1) is 12.9. The van der Waals surface area contributed by atoms with Crippen LogP contribution in [0.4, 0.5) is 0 Å². The van der Waals surface area contributed by atoms with Gasteiger partial charge in [-0.15, -0.1) is 0 Å². The normalized spacial score (nSPS) is 21.7. The molecular formula is C20H27N5O2. The van der Waals surface area contributed by atoms with Gasteiger partial charge in [0, 0.05) is 42.9 Å². The summed E-state index contributed by atoms with van der Waals surface area (Å²) in [4.78, 5) is 26.7. The number of Topliss-reactive ketones (excluding diaryl/α,β-unsaturated/α-hetero) is 1. The Bertz CT molecular complexity index is 896. The standard InChI is InChI=1S/C20H27N5O2/c1-13-18(15(3)26)14(2)25(23-13)10-6-17(27)24-9-4-7-20(12-24)8-5-16-11-21-22-19(16)20/h11H,4-10,12H2,1-3H3,(H,21,22). The molecule has 2 aromatic heterocycles. The number of piperidine rings is 1. The predicted molar refractivity (Wildman–Crippen MR) is 101 cm³/mol. The van der Waals surface area contributed by atoms with Crippen molar-refractivity contribution in [3.05, 3.63) is 34.4 Å². The molecule has 1 unspecified atom stereocenters. The van der Waals surface area contributed by atoms with Gasteiger partial charge in [0.2, 0.25) is 5.91 Å². The first kappa shape index (κ1) is 17.9. The number of aromatic nitrogens is 4. The van der Waals surface area contributed by atoms with Gasteiger partial charge in [-0.05, 0) is 52.0 Å². The molecule has 27 heavy (non-hydrogen) atoms. The van der Waals surface area contributed by atoms with E-state index in [1.807, 2.05) is 24.9 Å². The van der Waals surface area contributed by atoms with Crippen molar-refractivity contribution >= 4 is 11.7 Å². The van der Waals surface area contributed by atoms with E-state index in [0.717, 1.165) is 50.2 Å². The number of nitrogens with one attached hydrogen (secondary N) is 1. The molecule has 144 valence electrons. The van der Waals surface area contributed by atoms with E-state index in [0.29, 0.717) is 18.5 Å². The second kappa shape index (κ2) is 6.62. The topological polar surface area (TPSA) is 83.9 Å². The minimum Gasteiger partial charge on any atom is -0.342 e. The minimum absolute atomic E-state index is 0.0251. The molecule has 0 radical (unpaired) electrons. The Morgan fingerprint density at radius 1 is 1.30 bits per heavy atom. The molecule has 1 atom stereocenters. The largest absolute Gasteiger partial charge is 0.342 e. The first-order valence-electron chi connectivity index (χ1n) is 9.77. The van der Waals surface area contributed by atoms with Gasteiger partial charge in [0.1, 0.15) is 0 Å². The van der Waals surface area contributed by atoms with Gasteiger partial charge in [-0.25, -0.2) is 0 Å². The summed E-state index contributed by atoms with van der Waals surface area (Å²) in [6.07, 6.45) is 6.63. The molecular weight excluding hydrogens is 342 g/mol. The van der Waals surface area contributed by atoms with Crippen LogP contribution in [-0.2, 0) is 23.2 Å². The number of hydrogen-bond donors (Lipinski definition) is 1. The second-order valence-corrected chi connectivity index (χ2v) is 8.04. The Kier molecular flexibility index (Phi) is 4.40. The average molecular weight is 369 g/mol. The number of amides is 1. The van der Waals surface area contributed by atoms with E-state index in [-0.39, 0.29) is 17.1 Å². The zero-order valence-corrected chi connectivity index (χ0v) is 16.3. The Morgan fingerprint density at radius 2 is 2.11 bits per heavy atom. The average Bonchev–Trinajstić information content (AvgIpc) is 3.30. The molecule has 1 amide bonds. The number of ketones is 1. The Hall–Kier alpha value is -2.44. The maximum Gasteiger partial charge on any atom is 0.224 e. The van der Waals surface area contributed by atoms with Gasteiger partial charge < -0.3 is 4.90 Å². The highest BCUT2D eigenvalue weighted by Crippen LogP contribution is 2.43. The zero-order valence-electron chi connectivity index (χ0n) is 16.3. The summed E-state index contributed by atoms with van der Waals surface area (Å²) in [5.41, 5.74) is 4.87. The van der Waals surface area contributed by atoms with E-state index in [2.05, 4.69) is 15.3 Å². The Morgan fingerprint density at radius 3 is 2.85 bits per heavy atom. The van der Waals surface area contributed by atoms with Crippen molar-refractivity contribution in [3.8, 4) is 0 Å². The molecule has 1 N–H and O–H groups in total. The van der Waals surface area contributed by atoms with Gasteiger partial charge in [0.15, 0.2) is 5.78 Å². The molecule has 1 spiro atoms. The number of carbonyl (C=O) groups is 2. The zero-order chi connectivity index (χ0) is 19.2. The van der Waals surface area contributed by atoms with Crippen molar-refractivity contribution in [2.24, 2.45) is 0 Å². The van der Waals surface area contributed by atoms with Gasteiger partial charge >= 0.3 is 0 Å². The van der Waals surface area contributed by atoms with Crippen LogP contribution in [0.25, 0.3) is 0 Å². The van der Waals surface area contributed by atoms with Gasteiger partial charge in [-0.2, -0.15) is 10.2 Å². The van der Waals surface area contributed by atoms with Crippen molar-refractivity contribution in [1.29, 1.82) is 0 Å². The molecule has 2 aliphatic rings. The summed E-state index contributed by atoms with van der Waals surface area (Å²) < 4.78 is 1.80. The Labute approximate surface area is 159 Å². The lowest BCUT2D eigenvalue weighted by atomic mass is 9.77. The highest BCUT2D eigenvalue weighted by Gasteiger charge is 2.44. The van der Waals surface area contributed by atoms with E-state index in [1.54, 1.807) is 11.6 Å². The second-order valence-electron chi connectivity index (χ2n) is 8.04. The van der Waals surface area contributed by atoms with Crippen LogP contribution < -0.4 is 0 Å². The molecule has 7 heteroatoms. The molecule has 4 rings (SSSR count). The quantitative estimate of drug-likeness (QED) is 0.839. The molecule has 2 aromatic rings. The summed E-state index contributed by atoms with van der Waals surface area (Å²) in [7, 11) is 0. The van der Waals surface area contributed by atoms with Crippen LogP contribution in [0.5, 0.6) is 0 Å². The molecule has 1 aliphatic carbocycles. The van der Waals surface area contributed by atoms with Crippen molar-refractivity contribution in [1.82, 2.24) is 24.9 Å². The van der Waals surface area contributed by atoms with Crippen molar-refractivity contribution < 1.29 is 9.59 Å². The van der Waals surface area contributed by atoms with Crippen molar-refractivity contribution in [2.75, 3.05) is 13.1 Å². The fourth-order valence-electron chi connectivity index (χ4n) is 5.00. The lowest BCUT2D eigenvalue weighted by molar-refractivity contribution is -0.133. The fraction of sp³-hybridized carbons (Fsp3) is 0.600. The van der Waals surface area contributed by atoms with Crippen molar-refractivity contribution in [3.63, 3.8) is 0 Å². The molecule has 7 nitrogen and oxygen atoms in total. The van der Waals surface area contributed by atoms with Gasteiger partial charge in [0.25, 0.3) is 0 Å². The van der Waals surface area contributed by atoms with Crippen LogP contribution in [0.1, 0.15) is 65.6 Å². The number of H-pyrrole nitrogens is 1. The van der Waals surface area contributed by atoms with E-state index < -0.39 is 0 Å². The van der Waals surface area contributed by atoms with E-state index in [9.17, 15) is 9.59 Å². The Balaban J connectivity index is 1.44. The molecule has 0 bridgehead atoms. The molecule has 0 aromatic carbocycles. The van der Waals surface area contributed by atoms with Crippen LogP contribution in [0.3, 0.4) is 0 Å². The van der Waals surface area contributed by atoms with E-state index >= 15 is 0 Å². The highest BCUT2D eigenvalue weighted by molar-refractivity contribution is 5.96.